The number of rotatable bonds is 3. The zero-order chi connectivity index (χ0) is 14.9. The van der Waals surface area contributed by atoms with Crippen molar-refractivity contribution in [1.29, 1.82) is 0 Å². The molecule has 0 aliphatic heterocycles. The van der Waals surface area contributed by atoms with E-state index < -0.39 is 0 Å². The van der Waals surface area contributed by atoms with E-state index in [1.54, 1.807) is 0 Å². The SMILES string of the molecule is CCn1ccnc1C(N)C12CC3CC(C)(CC(C)(C3)C1)C2. The Labute approximate surface area is 128 Å². The van der Waals surface area contributed by atoms with Gasteiger partial charge < -0.3 is 10.3 Å². The smallest absolute Gasteiger partial charge is 0.126 e. The minimum Gasteiger partial charge on any atom is -0.334 e. The van der Waals surface area contributed by atoms with Crippen molar-refractivity contribution in [2.75, 3.05) is 0 Å². The minimum absolute atomic E-state index is 0.106. The molecule has 0 saturated heterocycles. The van der Waals surface area contributed by atoms with E-state index in [9.17, 15) is 0 Å². The standard InChI is InChI=1S/C18H29N3/c1-4-21-6-5-20-15(21)14(19)18-9-13-7-16(2,11-18)10-17(3,8-13)12-18/h5-6,13-14H,4,7-12,19H2,1-3H3. The van der Waals surface area contributed by atoms with Gasteiger partial charge in [-0.05, 0) is 67.6 Å². The monoisotopic (exact) mass is 287 g/mol. The van der Waals surface area contributed by atoms with Crippen molar-refractivity contribution < 1.29 is 0 Å². The lowest BCUT2D eigenvalue weighted by Crippen LogP contribution is -2.58. The van der Waals surface area contributed by atoms with Gasteiger partial charge in [0.25, 0.3) is 0 Å². The molecule has 4 bridgehead atoms. The van der Waals surface area contributed by atoms with E-state index in [2.05, 4.69) is 36.5 Å². The Morgan fingerprint density at radius 3 is 2.48 bits per heavy atom. The average Bonchev–Trinajstić information content (AvgIpc) is 2.81. The molecular weight excluding hydrogens is 258 g/mol. The van der Waals surface area contributed by atoms with E-state index in [0.29, 0.717) is 16.2 Å². The lowest BCUT2D eigenvalue weighted by molar-refractivity contribution is -0.155. The fraction of sp³-hybridized carbons (Fsp3) is 0.833. The van der Waals surface area contributed by atoms with E-state index in [4.69, 9.17) is 5.73 Å². The summed E-state index contributed by atoms with van der Waals surface area (Å²) >= 11 is 0. The van der Waals surface area contributed by atoms with E-state index in [1.165, 1.54) is 38.5 Å². The summed E-state index contributed by atoms with van der Waals surface area (Å²) in [6.07, 6.45) is 12.2. The van der Waals surface area contributed by atoms with Crippen LogP contribution in [0.15, 0.2) is 12.4 Å². The van der Waals surface area contributed by atoms with Gasteiger partial charge in [-0.1, -0.05) is 13.8 Å². The van der Waals surface area contributed by atoms with E-state index >= 15 is 0 Å². The summed E-state index contributed by atoms with van der Waals surface area (Å²) in [6, 6.07) is 0.106. The van der Waals surface area contributed by atoms with Crippen LogP contribution in [-0.4, -0.2) is 9.55 Å². The van der Waals surface area contributed by atoms with Crippen LogP contribution in [0.25, 0.3) is 0 Å². The molecule has 3 unspecified atom stereocenters. The Balaban J connectivity index is 1.74. The molecule has 4 saturated carbocycles. The van der Waals surface area contributed by atoms with Crippen LogP contribution in [-0.2, 0) is 6.54 Å². The Hall–Kier alpha value is -0.830. The summed E-state index contributed by atoms with van der Waals surface area (Å²) in [5.74, 6) is 2.01. The third kappa shape index (κ3) is 1.93. The number of hydrogen-bond donors (Lipinski definition) is 1. The quantitative estimate of drug-likeness (QED) is 0.916. The van der Waals surface area contributed by atoms with Crippen LogP contribution >= 0.6 is 0 Å². The molecule has 0 spiro atoms. The van der Waals surface area contributed by atoms with Crippen LogP contribution in [0, 0.1) is 22.2 Å². The Kier molecular flexibility index (Phi) is 2.71. The van der Waals surface area contributed by atoms with E-state index in [1.807, 2.05) is 6.20 Å². The molecule has 0 radical (unpaired) electrons. The highest BCUT2D eigenvalue weighted by atomic mass is 15.1. The lowest BCUT2D eigenvalue weighted by atomic mass is 9.39. The fourth-order valence-electron chi connectivity index (χ4n) is 7.02. The normalized spacial score (nSPS) is 46.0. The number of nitrogens with two attached hydrogens (primary N) is 1. The van der Waals surface area contributed by atoms with Gasteiger partial charge in [-0.15, -0.1) is 0 Å². The zero-order valence-corrected chi connectivity index (χ0v) is 13.7. The van der Waals surface area contributed by atoms with Crippen molar-refractivity contribution in [3.8, 4) is 0 Å². The van der Waals surface area contributed by atoms with Crippen LogP contribution in [0.1, 0.15) is 71.2 Å². The number of aryl methyl sites for hydroxylation is 1. The Morgan fingerprint density at radius 2 is 1.90 bits per heavy atom. The molecule has 5 rings (SSSR count). The minimum atomic E-state index is 0.106. The highest BCUT2D eigenvalue weighted by molar-refractivity contribution is 5.17. The Bertz CT molecular complexity index is 543. The second-order valence-corrected chi connectivity index (χ2v) is 9.04. The van der Waals surface area contributed by atoms with Crippen molar-refractivity contribution in [1.82, 2.24) is 9.55 Å². The molecule has 2 N–H and O–H groups in total. The van der Waals surface area contributed by atoms with Gasteiger partial charge in [-0.3, -0.25) is 0 Å². The molecule has 1 heterocycles. The fourth-order valence-corrected chi connectivity index (χ4v) is 7.02. The second kappa shape index (κ2) is 4.13. The van der Waals surface area contributed by atoms with Crippen molar-refractivity contribution in [2.45, 2.75) is 71.9 Å². The molecule has 0 amide bonds. The maximum atomic E-state index is 6.85. The van der Waals surface area contributed by atoms with Gasteiger partial charge in [0.15, 0.2) is 0 Å². The molecule has 1 aromatic heterocycles. The van der Waals surface area contributed by atoms with Crippen molar-refractivity contribution in [3.05, 3.63) is 18.2 Å². The van der Waals surface area contributed by atoms with Gasteiger partial charge in [0.2, 0.25) is 0 Å². The van der Waals surface area contributed by atoms with Gasteiger partial charge >= 0.3 is 0 Å². The first-order valence-electron chi connectivity index (χ1n) is 8.64. The predicted molar refractivity (Wildman–Crippen MR) is 84.7 cm³/mol. The second-order valence-electron chi connectivity index (χ2n) is 9.04. The first kappa shape index (κ1) is 13.8. The maximum absolute atomic E-state index is 6.85. The average molecular weight is 287 g/mol. The highest BCUT2D eigenvalue weighted by Gasteiger charge is 2.62. The molecule has 1 aromatic rings. The predicted octanol–water partition coefficient (Wildman–Crippen LogP) is 3.90. The molecule has 4 fully saturated rings. The summed E-state index contributed by atoms with van der Waals surface area (Å²) in [5.41, 5.74) is 8.19. The molecular formula is C18H29N3. The van der Waals surface area contributed by atoms with Crippen molar-refractivity contribution in [2.24, 2.45) is 27.9 Å². The Morgan fingerprint density at radius 1 is 1.24 bits per heavy atom. The lowest BCUT2D eigenvalue weighted by Gasteiger charge is -2.66. The zero-order valence-electron chi connectivity index (χ0n) is 13.7. The third-order valence-electron chi connectivity index (χ3n) is 6.70. The van der Waals surface area contributed by atoms with Gasteiger partial charge in [0.1, 0.15) is 5.82 Å². The summed E-state index contributed by atoms with van der Waals surface area (Å²) in [6.45, 7) is 8.18. The molecule has 3 atom stereocenters. The number of aromatic nitrogens is 2. The molecule has 3 nitrogen and oxygen atoms in total. The maximum Gasteiger partial charge on any atom is 0.126 e. The highest BCUT2D eigenvalue weighted by Crippen LogP contribution is 2.71. The topological polar surface area (TPSA) is 43.8 Å². The van der Waals surface area contributed by atoms with Crippen LogP contribution in [0.3, 0.4) is 0 Å². The van der Waals surface area contributed by atoms with Crippen LogP contribution < -0.4 is 5.73 Å². The van der Waals surface area contributed by atoms with Crippen molar-refractivity contribution in [3.63, 3.8) is 0 Å². The van der Waals surface area contributed by atoms with Crippen LogP contribution in [0.2, 0.25) is 0 Å². The summed E-state index contributed by atoms with van der Waals surface area (Å²) in [7, 11) is 0. The summed E-state index contributed by atoms with van der Waals surface area (Å²) < 4.78 is 2.24. The largest absolute Gasteiger partial charge is 0.334 e. The van der Waals surface area contributed by atoms with Gasteiger partial charge in [0.05, 0.1) is 6.04 Å². The third-order valence-corrected chi connectivity index (χ3v) is 6.70. The summed E-state index contributed by atoms with van der Waals surface area (Å²) in [4.78, 5) is 4.63. The number of imidazole rings is 1. The van der Waals surface area contributed by atoms with Gasteiger partial charge in [0, 0.05) is 18.9 Å². The van der Waals surface area contributed by atoms with E-state index in [0.717, 1.165) is 18.3 Å². The summed E-state index contributed by atoms with van der Waals surface area (Å²) in [5, 5.41) is 0. The first-order chi connectivity index (χ1) is 9.87. The molecule has 4 aliphatic rings. The number of hydrogen-bond acceptors (Lipinski definition) is 2. The molecule has 4 aliphatic carbocycles. The van der Waals surface area contributed by atoms with Gasteiger partial charge in [-0.2, -0.15) is 0 Å². The first-order valence-corrected chi connectivity index (χ1v) is 8.64. The van der Waals surface area contributed by atoms with Crippen LogP contribution in [0.4, 0.5) is 0 Å². The van der Waals surface area contributed by atoms with Crippen molar-refractivity contribution >= 4 is 0 Å². The molecule has 116 valence electrons. The van der Waals surface area contributed by atoms with Gasteiger partial charge in [-0.25, -0.2) is 4.98 Å². The van der Waals surface area contributed by atoms with Crippen LogP contribution in [0.5, 0.6) is 0 Å². The number of nitrogens with zero attached hydrogens (tertiary/aromatic N) is 2. The molecule has 0 aromatic carbocycles. The molecule has 3 heteroatoms. The van der Waals surface area contributed by atoms with E-state index in [-0.39, 0.29) is 6.04 Å². The molecule has 21 heavy (non-hydrogen) atoms.